The Morgan fingerprint density at radius 2 is 1.80 bits per heavy atom. The third kappa shape index (κ3) is 3.54. The van der Waals surface area contributed by atoms with E-state index in [0.29, 0.717) is 11.3 Å². The molecule has 0 aliphatic heterocycles. The van der Waals surface area contributed by atoms with E-state index in [9.17, 15) is 8.78 Å². The topological polar surface area (TPSA) is 21.3 Å². The van der Waals surface area contributed by atoms with Crippen LogP contribution in [0.25, 0.3) is 0 Å². The van der Waals surface area contributed by atoms with E-state index in [1.807, 2.05) is 6.92 Å². The second kappa shape index (κ2) is 6.48. The summed E-state index contributed by atoms with van der Waals surface area (Å²) in [7, 11) is 1.78. The zero-order chi connectivity index (χ0) is 14.5. The molecule has 0 aliphatic rings. The van der Waals surface area contributed by atoms with Crippen LogP contribution in [0.15, 0.2) is 42.5 Å². The first-order chi connectivity index (χ1) is 9.60. The Hall–Kier alpha value is -1.94. The molecule has 0 amide bonds. The highest BCUT2D eigenvalue weighted by atomic mass is 19.1. The van der Waals surface area contributed by atoms with Crippen molar-refractivity contribution in [2.75, 3.05) is 7.05 Å². The van der Waals surface area contributed by atoms with Gasteiger partial charge in [0.15, 0.2) is 0 Å². The molecule has 2 aromatic rings. The summed E-state index contributed by atoms with van der Waals surface area (Å²) in [5.74, 6) is -0.132. The van der Waals surface area contributed by atoms with Gasteiger partial charge in [0, 0.05) is 17.7 Å². The molecule has 0 radical (unpaired) electrons. The smallest absolute Gasteiger partial charge is 0.131 e. The lowest BCUT2D eigenvalue weighted by Crippen LogP contribution is -2.13. The summed E-state index contributed by atoms with van der Waals surface area (Å²) in [5.41, 5.74) is 1.43. The highest BCUT2D eigenvalue weighted by molar-refractivity contribution is 5.31. The van der Waals surface area contributed by atoms with Crippen LogP contribution >= 0.6 is 0 Å². The summed E-state index contributed by atoms with van der Waals surface area (Å²) >= 11 is 0. The van der Waals surface area contributed by atoms with Gasteiger partial charge in [0.05, 0.1) is 0 Å². The largest absolute Gasteiger partial charge is 0.489 e. The molecule has 0 fully saturated rings. The fourth-order valence-corrected chi connectivity index (χ4v) is 1.85. The number of halogens is 2. The minimum absolute atomic E-state index is 0.0545. The molecule has 2 nitrogen and oxygen atoms in total. The summed E-state index contributed by atoms with van der Waals surface area (Å²) in [5, 5.41) is 2.99. The first-order valence-electron chi connectivity index (χ1n) is 6.44. The fourth-order valence-electron chi connectivity index (χ4n) is 1.85. The van der Waals surface area contributed by atoms with E-state index in [1.54, 1.807) is 31.3 Å². The van der Waals surface area contributed by atoms with Crippen molar-refractivity contribution < 1.29 is 13.5 Å². The van der Waals surface area contributed by atoms with Gasteiger partial charge in [-0.2, -0.15) is 0 Å². The first kappa shape index (κ1) is 14.5. The summed E-state index contributed by atoms with van der Waals surface area (Å²) in [6, 6.07) is 10.8. The predicted octanol–water partition coefficient (Wildman–Crippen LogP) is 3.82. The first-order valence-corrected chi connectivity index (χ1v) is 6.44. The van der Waals surface area contributed by atoms with Gasteiger partial charge in [-0.25, -0.2) is 8.78 Å². The molecule has 0 saturated heterocycles. The van der Waals surface area contributed by atoms with Crippen molar-refractivity contribution in [3.05, 3.63) is 65.2 Å². The molecule has 0 aromatic heterocycles. The number of nitrogens with one attached hydrogen (secondary N) is 1. The Kier molecular flexibility index (Phi) is 4.69. The lowest BCUT2D eigenvalue weighted by atomic mass is 10.1. The van der Waals surface area contributed by atoms with Crippen molar-refractivity contribution in [1.29, 1.82) is 0 Å². The fraction of sp³-hybridized carbons (Fsp3) is 0.250. The van der Waals surface area contributed by atoms with Crippen molar-refractivity contribution in [3.63, 3.8) is 0 Å². The van der Waals surface area contributed by atoms with Gasteiger partial charge in [-0.15, -0.1) is 0 Å². The Bertz CT molecular complexity index is 569. The van der Waals surface area contributed by atoms with Gasteiger partial charge in [0.1, 0.15) is 24.0 Å². The maximum atomic E-state index is 13.9. The van der Waals surface area contributed by atoms with Crippen LogP contribution < -0.4 is 10.1 Å². The second-order valence-electron chi connectivity index (χ2n) is 4.61. The van der Waals surface area contributed by atoms with Crippen LogP contribution in [0.3, 0.4) is 0 Å². The lowest BCUT2D eigenvalue weighted by molar-refractivity contribution is 0.304. The molecule has 0 aliphatic carbocycles. The van der Waals surface area contributed by atoms with Crippen LogP contribution in [0.4, 0.5) is 8.78 Å². The molecule has 2 rings (SSSR count). The maximum Gasteiger partial charge on any atom is 0.131 e. The van der Waals surface area contributed by atoms with E-state index >= 15 is 0 Å². The molecule has 2 aromatic carbocycles. The summed E-state index contributed by atoms with van der Waals surface area (Å²) in [4.78, 5) is 0. The standard InChI is InChI=1S/C16H17F2NO/c1-11(19-2)15-8-7-14(9-16(15)18)20-10-12-3-5-13(17)6-4-12/h3-9,11,19H,10H2,1-2H3. The zero-order valence-corrected chi connectivity index (χ0v) is 11.5. The molecule has 1 atom stereocenters. The minimum atomic E-state index is -0.302. The summed E-state index contributed by atoms with van der Waals surface area (Å²) < 4.78 is 32.2. The zero-order valence-electron chi connectivity index (χ0n) is 11.5. The average molecular weight is 277 g/mol. The molecular weight excluding hydrogens is 260 g/mol. The number of hydrogen-bond donors (Lipinski definition) is 1. The molecule has 0 spiro atoms. The number of hydrogen-bond acceptors (Lipinski definition) is 2. The van der Waals surface area contributed by atoms with Gasteiger partial charge in [0.25, 0.3) is 0 Å². The van der Waals surface area contributed by atoms with Crippen LogP contribution in [-0.4, -0.2) is 7.05 Å². The van der Waals surface area contributed by atoms with Crippen molar-refractivity contribution in [3.8, 4) is 5.75 Å². The lowest BCUT2D eigenvalue weighted by Gasteiger charge is -2.13. The summed E-state index contributed by atoms with van der Waals surface area (Å²) in [6.45, 7) is 2.16. The molecule has 1 unspecified atom stereocenters. The normalized spacial score (nSPS) is 12.2. The van der Waals surface area contributed by atoms with E-state index in [2.05, 4.69) is 5.32 Å². The molecule has 0 bridgehead atoms. The van der Waals surface area contributed by atoms with Gasteiger partial charge >= 0.3 is 0 Å². The van der Waals surface area contributed by atoms with Crippen LogP contribution in [0.2, 0.25) is 0 Å². The van der Waals surface area contributed by atoms with Crippen molar-refractivity contribution in [2.45, 2.75) is 19.6 Å². The Morgan fingerprint density at radius 3 is 2.40 bits per heavy atom. The molecule has 4 heteroatoms. The van der Waals surface area contributed by atoms with E-state index < -0.39 is 0 Å². The van der Waals surface area contributed by atoms with Crippen molar-refractivity contribution >= 4 is 0 Å². The van der Waals surface area contributed by atoms with E-state index in [4.69, 9.17) is 4.74 Å². The number of benzene rings is 2. The molecule has 106 valence electrons. The molecule has 0 saturated carbocycles. The van der Waals surface area contributed by atoms with Crippen LogP contribution in [0.1, 0.15) is 24.1 Å². The highest BCUT2D eigenvalue weighted by Crippen LogP contribution is 2.22. The SMILES string of the molecule is CNC(C)c1ccc(OCc2ccc(F)cc2)cc1F. The van der Waals surface area contributed by atoms with Gasteiger partial charge < -0.3 is 10.1 Å². The molecular formula is C16H17F2NO. The van der Waals surface area contributed by atoms with Crippen molar-refractivity contribution in [2.24, 2.45) is 0 Å². The van der Waals surface area contributed by atoms with Gasteiger partial charge in [0.2, 0.25) is 0 Å². The number of rotatable bonds is 5. The summed E-state index contributed by atoms with van der Waals surface area (Å²) in [6.07, 6.45) is 0. The van der Waals surface area contributed by atoms with Crippen LogP contribution in [0.5, 0.6) is 5.75 Å². The molecule has 20 heavy (non-hydrogen) atoms. The van der Waals surface area contributed by atoms with Gasteiger partial charge in [-0.05, 0) is 37.7 Å². The van der Waals surface area contributed by atoms with Crippen LogP contribution in [0, 0.1) is 11.6 Å². The quantitative estimate of drug-likeness (QED) is 0.897. The second-order valence-corrected chi connectivity index (χ2v) is 4.61. The van der Waals surface area contributed by atoms with E-state index in [1.165, 1.54) is 18.2 Å². The Labute approximate surface area is 117 Å². The predicted molar refractivity (Wildman–Crippen MR) is 74.6 cm³/mol. The third-order valence-corrected chi connectivity index (χ3v) is 3.19. The average Bonchev–Trinajstić information content (AvgIpc) is 2.46. The Balaban J connectivity index is 2.03. The van der Waals surface area contributed by atoms with Crippen LogP contribution in [-0.2, 0) is 6.61 Å². The molecule has 1 N–H and O–H groups in total. The van der Waals surface area contributed by atoms with Gasteiger partial charge in [-0.1, -0.05) is 18.2 Å². The van der Waals surface area contributed by atoms with Crippen molar-refractivity contribution in [1.82, 2.24) is 5.32 Å². The third-order valence-electron chi connectivity index (χ3n) is 3.19. The van der Waals surface area contributed by atoms with Gasteiger partial charge in [-0.3, -0.25) is 0 Å². The monoisotopic (exact) mass is 277 g/mol. The minimum Gasteiger partial charge on any atom is -0.489 e. The maximum absolute atomic E-state index is 13.9. The molecule has 0 heterocycles. The van der Waals surface area contributed by atoms with E-state index in [0.717, 1.165) is 5.56 Å². The number of ether oxygens (including phenoxy) is 1. The highest BCUT2D eigenvalue weighted by Gasteiger charge is 2.10. The van der Waals surface area contributed by atoms with E-state index in [-0.39, 0.29) is 24.3 Å². The Morgan fingerprint density at radius 1 is 1.10 bits per heavy atom.